The van der Waals surface area contributed by atoms with Gasteiger partial charge in [0.1, 0.15) is 11.6 Å². The highest BCUT2D eigenvalue weighted by atomic mass is 16.3. The van der Waals surface area contributed by atoms with Gasteiger partial charge >= 0.3 is 0 Å². The van der Waals surface area contributed by atoms with Crippen LogP contribution in [0.15, 0.2) is 77.4 Å². The molecule has 0 fully saturated rings. The van der Waals surface area contributed by atoms with Gasteiger partial charge < -0.3 is 9.73 Å². The number of nitrogens with zero attached hydrogens (tertiary/aromatic N) is 3. The number of carbonyl (C=O) groups is 3. The largest absolute Gasteiger partial charge is 0.467 e. The van der Waals surface area contributed by atoms with Gasteiger partial charge in [-0.25, -0.2) is 4.68 Å². The number of benzene rings is 2. The molecule has 1 N–H and O–H groups in total. The van der Waals surface area contributed by atoms with Crippen molar-refractivity contribution in [3.8, 4) is 0 Å². The summed E-state index contributed by atoms with van der Waals surface area (Å²) < 4.78 is 7.05. The predicted molar refractivity (Wildman–Crippen MR) is 134 cm³/mol. The molecule has 2 aromatic carbocycles. The lowest BCUT2D eigenvalue weighted by atomic mass is 9.92. The van der Waals surface area contributed by atoms with Crippen molar-refractivity contribution in [1.82, 2.24) is 14.7 Å². The van der Waals surface area contributed by atoms with Crippen LogP contribution < -0.4 is 5.32 Å². The molecule has 0 spiro atoms. The van der Waals surface area contributed by atoms with Crippen LogP contribution in [0.4, 0.5) is 5.82 Å². The van der Waals surface area contributed by atoms with Crippen LogP contribution in [-0.4, -0.2) is 32.4 Å². The van der Waals surface area contributed by atoms with Crippen LogP contribution in [0.2, 0.25) is 0 Å². The zero-order valence-electron chi connectivity index (χ0n) is 20.3. The van der Waals surface area contributed by atoms with E-state index < -0.39 is 17.7 Å². The maximum atomic E-state index is 13.2. The minimum atomic E-state index is -0.454. The van der Waals surface area contributed by atoms with Gasteiger partial charge in [-0.3, -0.25) is 19.3 Å². The fourth-order valence-electron chi connectivity index (χ4n) is 4.08. The third-order valence-electron chi connectivity index (χ3n) is 6.09. The van der Waals surface area contributed by atoms with Gasteiger partial charge in [0, 0.05) is 17.0 Å². The predicted octanol–water partition coefficient (Wildman–Crippen LogP) is 4.87. The van der Waals surface area contributed by atoms with Gasteiger partial charge in [-0.05, 0) is 35.9 Å². The molecule has 5 rings (SSSR count). The van der Waals surface area contributed by atoms with E-state index in [9.17, 15) is 14.4 Å². The first-order valence-corrected chi connectivity index (χ1v) is 11.7. The number of amides is 3. The van der Waals surface area contributed by atoms with Gasteiger partial charge in [0.25, 0.3) is 17.7 Å². The summed E-state index contributed by atoms with van der Waals surface area (Å²) in [5, 5.41) is 7.68. The highest BCUT2D eigenvalue weighted by Gasteiger charge is 2.36. The van der Waals surface area contributed by atoms with Crippen LogP contribution in [0.25, 0.3) is 0 Å². The molecule has 1 aliphatic rings. The van der Waals surface area contributed by atoms with Crippen molar-refractivity contribution in [1.29, 1.82) is 0 Å². The average molecular weight is 483 g/mol. The van der Waals surface area contributed by atoms with E-state index in [0.717, 1.165) is 16.2 Å². The summed E-state index contributed by atoms with van der Waals surface area (Å²) in [5.74, 6) is -0.198. The fourth-order valence-corrected chi connectivity index (χ4v) is 4.08. The first-order valence-electron chi connectivity index (χ1n) is 11.7. The van der Waals surface area contributed by atoms with Crippen LogP contribution >= 0.6 is 0 Å². The van der Waals surface area contributed by atoms with Crippen molar-refractivity contribution in [2.45, 2.75) is 39.3 Å². The van der Waals surface area contributed by atoms with Crippen molar-refractivity contribution in [3.05, 3.63) is 107 Å². The van der Waals surface area contributed by atoms with E-state index in [2.05, 4.69) is 26.1 Å². The summed E-state index contributed by atoms with van der Waals surface area (Å²) in [5.41, 5.74) is 2.44. The van der Waals surface area contributed by atoms with Gasteiger partial charge in [-0.15, -0.1) is 0 Å². The second kappa shape index (κ2) is 8.96. The van der Waals surface area contributed by atoms with E-state index >= 15 is 0 Å². The van der Waals surface area contributed by atoms with Crippen molar-refractivity contribution in [2.75, 3.05) is 5.32 Å². The standard InChI is InChI=1S/C28H26N4O4/c1-28(2,3)23-15-24(32(30-23)16-18-8-5-4-6-9-18)29-25(33)19-11-12-21-22(14-19)27(35)31(26(21)34)17-20-10-7-13-36-20/h4-15H,16-17H2,1-3H3,(H,29,33). The molecular formula is C28H26N4O4. The SMILES string of the molecule is CC(C)(C)c1cc(NC(=O)c2ccc3c(c2)C(=O)N(Cc2ccco2)C3=O)n(Cc2ccccc2)n1. The maximum absolute atomic E-state index is 13.2. The molecule has 8 heteroatoms. The molecule has 0 saturated heterocycles. The van der Waals surface area contributed by atoms with Gasteiger partial charge in [0.2, 0.25) is 0 Å². The Bertz CT molecular complexity index is 1450. The number of anilines is 1. The topological polar surface area (TPSA) is 97.4 Å². The quantitative estimate of drug-likeness (QED) is 0.396. The molecule has 0 saturated carbocycles. The third-order valence-corrected chi connectivity index (χ3v) is 6.09. The molecule has 0 aliphatic carbocycles. The summed E-state index contributed by atoms with van der Waals surface area (Å²) in [6.45, 7) is 6.71. The molecule has 3 heterocycles. The molecule has 36 heavy (non-hydrogen) atoms. The van der Waals surface area contributed by atoms with Crippen LogP contribution in [0.3, 0.4) is 0 Å². The minimum Gasteiger partial charge on any atom is -0.467 e. The summed E-state index contributed by atoms with van der Waals surface area (Å²) in [6.07, 6.45) is 1.49. The molecule has 2 aromatic heterocycles. The Hall–Kier alpha value is -4.46. The Morgan fingerprint density at radius 3 is 2.36 bits per heavy atom. The van der Waals surface area contributed by atoms with E-state index in [1.54, 1.807) is 22.9 Å². The average Bonchev–Trinajstić information content (AvgIpc) is 3.56. The number of fused-ring (bicyclic) bond motifs is 1. The summed E-state index contributed by atoms with van der Waals surface area (Å²) in [6, 6.07) is 19.7. The molecule has 0 bridgehead atoms. The number of imide groups is 1. The normalized spacial score (nSPS) is 13.2. The van der Waals surface area contributed by atoms with E-state index in [4.69, 9.17) is 9.52 Å². The number of rotatable bonds is 6. The molecule has 8 nitrogen and oxygen atoms in total. The summed E-state index contributed by atoms with van der Waals surface area (Å²) >= 11 is 0. The number of hydrogen-bond donors (Lipinski definition) is 1. The van der Waals surface area contributed by atoms with Crippen molar-refractivity contribution in [3.63, 3.8) is 0 Å². The highest BCUT2D eigenvalue weighted by Crippen LogP contribution is 2.28. The molecule has 0 atom stereocenters. The van der Waals surface area contributed by atoms with E-state index in [0.29, 0.717) is 18.1 Å². The third kappa shape index (κ3) is 4.45. The van der Waals surface area contributed by atoms with Crippen LogP contribution in [-0.2, 0) is 18.5 Å². The summed E-state index contributed by atoms with van der Waals surface area (Å²) in [4.78, 5) is 40.1. The Labute approximate surface area is 208 Å². The zero-order valence-corrected chi connectivity index (χ0v) is 20.3. The first-order chi connectivity index (χ1) is 17.2. The van der Waals surface area contributed by atoms with E-state index in [1.165, 1.54) is 18.4 Å². The monoisotopic (exact) mass is 482 g/mol. The Balaban J connectivity index is 1.40. The van der Waals surface area contributed by atoms with Crippen molar-refractivity contribution < 1.29 is 18.8 Å². The van der Waals surface area contributed by atoms with Crippen LogP contribution in [0, 0.1) is 0 Å². The van der Waals surface area contributed by atoms with Gasteiger partial charge in [0.15, 0.2) is 0 Å². The van der Waals surface area contributed by atoms with Gasteiger partial charge in [0.05, 0.1) is 36.2 Å². The fraction of sp³-hybridized carbons (Fsp3) is 0.214. The number of hydrogen-bond acceptors (Lipinski definition) is 5. The Kier molecular flexibility index (Phi) is 5.80. The number of carbonyl (C=O) groups excluding carboxylic acids is 3. The summed E-state index contributed by atoms with van der Waals surface area (Å²) in [7, 11) is 0. The second-order valence-electron chi connectivity index (χ2n) is 9.80. The van der Waals surface area contributed by atoms with Crippen LogP contribution in [0.1, 0.15) is 68.9 Å². The minimum absolute atomic E-state index is 0.0368. The molecular weight excluding hydrogens is 456 g/mol. The van der Waals surface area contributed by atoms with E-state index in [-0.39, 0.29) is 28.7 Å². The molecule has 0 radical (unpaired) electrons. The number of furan rings is 1. The molecule has 4 aromatic rings. The highest BCUT2D eigenvalue weighted by molar-refractivity contribution is 6.22. The van der Waals surface area contributed by atoms with Gasteiger partial charge in [-0.1, -0.05) is 51.1 Å². The van der Waals surface area contributed by atoms with Crippen molar-refractivity contribution in [2.24, 2.45) is 0 Å². The lowest BCUT2D eigenvalue weighted by Gasteiger charge is -2.14. The molecule has 1 aliphatic heterocycles. The molecule has 3 amide bonds. The lowest BCUT2D eigenvalue weighted by molar-refractivity contribution is 0.0631. The van der Waals surface area contributed by atoms with Gasteiger partial charge in [-0.2, -0.15) is 5.10 Å². The number of nitrogens with one attached hydrogen (secondary N) is 1. The smallest absolute Gasteiger partial charge is 0.261 e. The second-order valence-corrected chi connectivity index (χ2v) is 9.80. The van der Waals surface area contributed by atoms with Crippen LogP contribution in [0.5, 0.6) is 0 Å². The maximum Gasteiger partial charge on any atom is 0.261 e. The molecule has 0 unspecified atom stereocenters. The first kappa shape index (κ1) is 23.3. The number of aromatic nitrogens is 2. The lowest BCUT2D eigenvalue weighted by Crippen LogP contribution is -2.28. The Morgan fingerprint density at radius 1 is 0.917 bits per heavy atom. The molecule has 182 valence electrons. The zero-order chi connectivity index (χ0) is 25.4. The van der Waals surface area contributed by atoms with E-state index in [1.807, 2.05) is 36.4 Å². The van der Waals surface area contributed by atoms with Crippen molar-refractivity contribution >= 4 is 23.5 Å². The Morgan fingerprint density at radius 2 is 1.67 bits per heavy atom.